The summed E-state index contributed by atoms with van der Waals surface area (Å²) in [5, 5.41) is 22.8. The second-order valence-corrected chi connectivity index (χ2v) is 8.29. The van der Waals surface area contributed by atoms with Gasteiger partial charge in [0.25, 0.3) is 5.91 Å². The lowest BCUT2D eigenvalue weighted by atomic mass is 9.99. The summed E-state index contributed by atoms with van der Waals surface area (Å²) in [4.78, 5) is 22.2. The van der Waals surface area contributed by atoms with Crippen molar-refractivity contribution in [3.8, 4) is 6.07 Å². The van der Waals surface area contributed by atoms with E-state index in [1.165, 1.54) is 12.1 Å². The van der Waals surface area contributed by atoms with Crippen LogP contribution >= 0.6 is 0 Å². The maximum Gasteiger partial charge on any atom is 0.252 e. The highest BCUT2D eigenvalue weighted by Gasteiger charge is 2.21. The molecule has 0 radical (unpaired) electrons. The Morgan fingerprint density at radius 3 is 2.77 bits per heavy atom. The summed E-state index contributed by atoms with van der Waals surface area (Å²) in [6, 6.07) is 10.8. The van der Waals surface area contributed by atoms with Gasteiger partial charge in [0.15, 0.2) is 0 Å². The minimum Gasteiger partial charge on any atom is -0.381 e. The van der Waals surface area contributed by atoms with E-state index in [2.05, 4.69) is 30.8 Å². The van der Waals surface area contributed by atoms with Gasteiger partial charge in [-0.1, -0.05) is 12.1 Å². The zero-order chi connectivity index (χ0) is 24.2. The number of nitrogens with zero attached hydrogens (tertiary/aromatic N) is 4. The molecule has 9 nitrogen and oxygen atoms in total. The van der Waals surface area contributed by atoms with E-state index in [1.807, 2.05) is 0 Å². The number of amides is 1. The van der Waals surface area contributed by atoms with E-state index < -0.39 is 11.9 Å². The average Bonchev–Trinajstić information content (AvgIpc) is 3.42. The topological polar surface area (TPSA) is 129 Å². The van der Waals surface area contributed by atoms with Gasteiger partial charge in [-0.05, 0) is 42.7 Å². The zero-order valence-electron chi connectivity index (χ0n) is 18.7. The van der Waals surface area contributed by atoms with E-state index >= 15 is 0 Å². The Bertz CT molecular complexity index is 1390. The molecule has 1 aliphatic heterocycles. The standard InChI is InChI=1S/C25H22FN7O2/c26-21-9-15(1-3-17(21)11-27)23(19-13-29-30-14-19)33-24(34)16-2-4-18-12-28-25(32-22(18)10-16)31-20-5-7-35-8-6-20/h1-4,9-10,12-14,20,23H,5-8H2,(H,29,30)(H,33,34)(H,28,31,32)/t23-/m1/s1. The molecule has 1 amide bonds. The first-order chi connectivity index (χ1) is 17.1. The van der Waals surface area contributed by atoms with Crippen molar-refractivity contribution in [2.24, 2.45) is 0 Å². The highest BCUT2D eigenvalue weighted by atomic mass is 19.1. The molecule has 1 saturated heterocycles. The van der Waals surface area contributed by atoms with Crippen molar-refractivity contribution in [1.82, 2.24) is 25.5 Å². The number of nitriles is 1. The number of carbonyl (C=O) groups excluding carboxylic acids is 1. The number of rotatable bonds is 6. The Hall–Kier alpha value is -4.36. The molecule has 1 atom stereocenters. The fraction of sp³-hybridized carbons (Fsp3) is 0.240. The number of aromatic amines is 1. The van der Waals surface area contributed by atoms with Crippen molar-refractivity contribution >= 4 is 22.8 Å². The van der Waals surface area contributed by atoms with Crippen LogP contribution in [0.4, 0.5) is 10.3 Å². The Morgan fingerprint density at radius 2 is 2.03 bits per heavy atom. The summed E-state index contributed by atoms with van der Waals surface area (Å²) in [7, 11) is 0. The summed E-state index contributed by atoms with van der Waals surface area (Å²) >= 11 is 0. The maximum atomic E-state index is 14.3. The first-order valence-electron chi connectivity index (χ1n) is 11.2. The van der Waals surface area contributed by atoms with Crippen LogP contribution in [0, 0.1) is 17.1 Å². The molecule has 3 heterocycles. The van der Waals surface area contributed by atoms with Gasteiger partial charge in [0.1, 0.15) is 11.9 Å². The number of carbonyl (C=O) groups is 1. The van der Waals surface area contributed by atoms with Crippen molar-refractivity contribution in [3.05, 3.63) is 83.1 Å². The lowest BCUT2D eigenvalue weighted by Crippen LogP contribution is -2.29. The van der Waals surface area contributed by atoms with Crippen molar-refractivity contribution < 1.29 is 13.9 Å². The van der Waals surface area contributed by atoms with Crippen LogP contribution in [0.2, 0.25) is 0 Å². The van der Waals surface area contributed by atoms with Crippen LogP contribution < -0.4 is 10.6 Å². The van der Waals surface area contributed by atoms with Crippen molar-refractivity contribution in [3.63, 3.8) is 0 Å². The number of halogens is 1. The van der Waals surface area contributed by atoms with Gasteiger partial charge >= 0.3 is 0 Å². The molecule has 4 aromatic rings. The minimum absolute atomic E-state index is 0.0644. The first-order valence-corrected chi connectivity index (χ1v) is 11.2. The van der Waals surface area contributed by atoms with Gasteiger partial charge in [0, 0.05) is 48.2 Å². The highest BCUT2D eigenvalue weighted by Crippen LogP contribution is 2.24. The third-order valence-electron chi connectivity index (χ3n) is 5.97. The molecule has 0 spiro atoms. The van der Waals surface area contributed by atoms with Crippen LogP contribution in [-0.4, -0.2) is 45.3 Å². The molecule has 35 heavy (non-hydrogen) atoms. The van der Waals surface area contributed by atoms with Gasteiger partial charge in [-0.3, -0.25) is 9.89 Å². The van der Waals surface area contributed by atoms with Gasteiger partial charge in [0.2, 0.25) is 5.95 Å². The van der Waals surface area contributed by atoms with Crippen LogP contribution in [0.1, 0.15) is 45.9 Å². The number of H-pyrrole nitrogens is 1. The molecule has 5 rings (SSSR count). The summed E-state index contributed by atoms with van der Waals surface area (Å²) in [5.74, 6) is -0.508. The summed E-state index contributed by atoms with van der Waals surface area (Å²) in [6.45, 7) is 1.41. The summed E-state index contributed by atoms with van der Waals surface area (Å²) in [5.41, 5.74) is 2.10. The van der Waals surface area contributed by atoms with Crippen molar-refractivity contribution in [1.29, 1.82) is 5.26 Å². The number of ether oxygens (including phenoxy) is 1. The fourth-order valence-corrected chi connectivity index (χ4v) is 4.05. The number of hydrogen-bond acceptors (Lipinski definition) is 7. The van der Waals surface area contributed by atoms with E-state index in [4.69, 9.17) is 10.00 Å². The minimum atomic E-state index is -0.671. The third kappa shape index (κ3) is 4.95. The van der Waals surface area contributed by atoms with Gasteiger partial charge in [-0.2, -0.15) is 10.4 Å². The summed E-state index contributed by atoms with van der Waals surface area (Å²) < 4.78 is 19.7. The quantitative estimate of drug-likeness (QED) is 0.393. The molecule has 0 saturated carbocycles. The van der Waals surface area contributed by atoms with Crippen molar-refractivity contribution in [2.75, 3.05) is 18.5 Å². The van der Waals surface area contributed by atoms with E-state index in [9.17, 15) is 9.18 Å². The molecule has 0 aliphatic carbocycles. The van der Waals surface area contributed by atoms with E-state index in [0.717, 1.165) is 18.2 Å². The Balaban J connectivity index is 1.40. The second kappa shape index (κ2) is 9.87. The zero-order valence-corrected chi connectivity index (χ0v) is 18.7. The Morgan fingerprint density at radius 1 is 1.17 bits per heavy atom. The highest BCUT2D eigenvalue weighted by molar-refractivity contribution is 5.98. The number of fused-ring (bicyclic) bond motifs is 1. The van der Waals surface area contributed by atoms with E-state index in [1.54, 1.807) is 48.9 Å². The average molecular weight is 471 g/mol. The maximum absolute atomic E-state index is 14.3. The van der Waals surface area contributed by atoms with Crippen LogP contribution in [0.5, 0.6) is 0 Å². The SMILES string of the molecule is N#Cc1ccc([C@@H](NC(=O)c2ccc3cnc(NC4CCOCC4)nc3c2)c2cn[nH]c2)cc1F. The number of anilines is 1. The van der Waals surface area contributed by atoms with Gasteiger partial charge in [-0.15, -0.1) is 0 Å². The van der Waals surface area contributed by atoms with Gasteiger partial charge in [-0.25, -0.2) is 14.4 Å². The van der Waals surface area contributed by atoms with E-state index in [0.29, 0.717) is 41.4 Å². The smallest absolute Gasteiger partial charge is 0.252 e. The monoisotopic (exact) mass is 471 g/mol. The normalized spacial score (nSPS) is 14.9. The fourth-order valence-electron chi connectivity index (χ4n) is 4.05. The molecular formula is C25H22FN7O2. The molecule has 0 unspecified atom stereocenters. The second-order valence-electron chi connectivity index (χ2n) is 8.29. The van der Waals surface area contributed by atoms with Gasteiger partial charge in [0.05, 0.1) is 23.3 Å². The molecule has 176 valence electrons. The molecular weight excluding hydrogens is 449 g/mol. The Kier molecular flexibility index (Phi) is 6.32. The third-order valence-corrected chi connectivity index (χ3v) is 5.97. The van der Waals surface area contributed by atoms with Crippen molar-refractivity contribution in [2.45, 2.75) is 24.9 Å². The molecule has 3 N–H and O–H groups in total. The largest absolute Gasteiger partial charge is 0.381 e. The summed E-state index contributed by atoms with van der Waals surface area (Å²) in [6.07, 6.45) is 6.68. The van der Waals surface area contributed by atoms with Crippen LogP contribution in [0.15, 0.2) is 55.0 Å². The molecule has 10 heteroatoms. The van der Waals surface area contributed by atoms with Gasteiger partial charge < -0.3 is 15.4 Å². The predicted molar refractivity (Wildman–Crippen MR) is 126 cm³/mol. The number of nitrogens with one attached hydrogen (secondary N) is 3. The van der Waals surface area contributed by atoms with Crippen LogP contribution in [0.3, 0.4) is 0 Å². The number of hydrogen-bond donors (Lipinski definition) is 3. The lowest BCUT2D eigenvalue weighted by molar-refractivity contribution is 0.0903. The number of aromatic nitrogens is 4. The van der Waals surface area contributed by atoms with Crippen LogP contribution in [-0.2, 0) is 4.74 Å². The Labute approximate surface area is 200 Å². The van der Waals surface area contributed by atoms with Crippen LogP contribution in [0.25, 0.3) is 10.9 Å². The molecule has 2 aromatic carbocycles. The molecule has 1 aliphatic rings. The lowest BCUT2D eigenvalue weighted by Gasteiger charge is -2.23. The first kappa shape index (κ1) is 22.4. The molecule has 2 aromatic heterocycles. The molecule has 1 fully saturated rings. The van der Waals surface area contributed by atoms with E-state index in [-0.39, 0.29) is 17.5 Å². The molecule has 0 bridgehead atoms. The number of benzene rings is 2. The predicted octanol–water partition coefficient (Wildman–Crippen LogP) is 3.47.